The number of carboxylic acids is 1. The van der Waals surface area contributed by atoms with E-state index in [9.17, 15) is 14.7 Å². The van der Waals surface area contributed by atoms with Crippen LogP contribution in [-0.2, 0) is 6.42 Å². The van der Waals surface area contributed by atoms with Crippen LogP contribution in [0.1, 0.15) is 42.7 Å². The maximum atomic E-state index is 15.4. The van der Waals surface area contributed by atoms with E-state index in [1.807, 2.05) is 39.0 Å². The van der Waals surface area contributed by atoms with Gasteiger partial charge in [-0.1, -0.05) is 32.9 Å². The summed E-state index contributed by atoms with van der Waals surface area (Å²) in [5.41, 5.74) is -0.204. The molecule has 1 aliphatic heterocycles. The number of furan rings is 1. The van der Waals surface area contributed by atoms with Gasteiger partial charge < -0.3 is 18.5 Å². The Kier molecular flexibility index (Phi) is 3.99. The maximum Gasteiger partial charge on any atom is 0.341 e. The average Bonchev–Trinajstić information content (AvgIpc) is 3.36. The summed E-state index contributed by atoms with van der Waals surface area (Å²) in [5, 5.41) is 10.2. The Balaban J connectivity index is 1.88. The van der Waals surface area contributed by atoms with Crippen LogP contribution in [-0.4, -0.2) is 20.6 Å². The van der Waals surface area contributed by atoms with Crippen molar-refractivity contribution >= 4 is 16.9 Å². The van der Waals surface area contributed by atoms with Crippen LogP contribution in [0.5, 0.6) is 0 Å². The lowest BCUT2D eigenvalue weighted by Crippen LogP contribution is -2.34. The van der Waals surface area contributed by atoms with E-state index in [1.165, 1.54) is 12.6 Å². The van der Waals surface area contributed by atoms with E-state index in [-0.39, 0.29) is 22.9 Å². The van der Waals surface area contributed by atoms with Crippen molar-refractivity contribution in [3.8, 4) is 22.8 Å². The number of oxazole rings is 1. The Morgan fingerprint density at radius 1 is 1.32 bits per heavy atom. The van der Waals surface area contributed by atoms with Crippen LogP contribution in [0.3, 0.4) is 0 Å². The van der Waals surface area contributed by atoms with Gasteiger partial charge in [-0.2, -0.15) is 0 Å². The zero-order chi connectivity index (χ0) is 22.1. The topological polar surface area (TPSA) is 98.5 Å². The van der Waals surface area contributed by atoms with Gasteiger partial charge in [-0.15, -0.1) is 0 Å². The van der Waals surface area contributed by atoms with E-state index < -0.39 is 22.8 Å². The third-order valence-electron chi connectivity index (χ3n) is 5.87. The lowest BCUT2D eigenvalue weighted by molar-refractivity contribution is 0.0692. The number of aromatic nitrogens is 2. The Bertz CT molecular complexity index is 1410. The number of benzene rings is 1. The molecule has 3 aromatic heterocycles. The molecule has 0 unspecified atom stereocenters. The molecule has 1 atom stereocenters. The van der Waals surface area contributed by atoms with Crippen molar-refractivity contribution in [3.05, 3.63) is 64.2 Å². The molecular weight excluding hydrogens is 403 g/mol. The molecule has 0 spiro atoms. The predicted molar refractivity (Wildman–Crippen MR) is 111 cm³/mol. The van der Waals surface area contributed by atoms with Crippen LogP contribution in [0.25, 0.3) is 33.7 Å². The van der Waals surface area contributed by atoms with Crippen molar-refractivity contribution in [2.75, 3.05) is 0 Å². The molecule has 1 aliphatic rings. The zero-order valence-electron chi connectivity index (χ0n) is 17.1. The lowest BCUT2D eigenvalue weighted by Gasteiger charge is -2.37. The molecule has 0 saturated heterocycles. The van der Waals surface area contributed by atoms with Gasteiger partial charge in [0.25, 0.3) is 0 Å². The van der Waals surface area contributed by atoms with E-state index in [2.05, 4.69) is 4.98 Å². The number of carboxylic acid groups (broad SMARTS) is 1. The largest absolute Gasteiger partial charge is 0.477 e. The van der Waals surface area contributed by atoms with Gasteiger partial charge in [0.15, 0.2) is 23.7 Å². The molecule has 0 bridgehead atoms. The fourth-order valence-corrected chi connectivity index (χ4v) is 4.34. The summed E-state index contributed by atoms with van der Waals surface area (Å²) in [7, 11) is 0. The summed E-state index contributed by atoms with van der Waals surface area (Å²) in [6.45, 7) is 5.97. The second kappa shape index (κ2) is 6.41. The average molecular weight is 422 g/mol. The first-order chi connectivity index (χ1) is 14.7. The SMILES string of the molecule is CC(C)(C)[C@@H]1Cc2c(oc3c(-c4cnco4)cccc23)-c2c(F)c(=O)c(C(=O)O)cn21. The first kappa shape index (κ1) is 19.3. The van der Waals surface area contributed by atoms with Gasteiger partial charge in [0.2, 0.25) is 5.43 Å². The molecule has 0 radical (unpaired) electrons. The first-order valence-electron chi connectivity index (χ1n) is 9.80. The van der Waals surface area contributed by atoms with Crippen LogP contribution in [0.2, 0.25) is 0 Å². The number of fused-ring (bicyclic) bond motifs is 5. The number of para-hydroxylation sites is 1. The molecule has 31 heavy (non-hydrogen) atoms. The molecule has 8 heteroatoms. The monoisotopic (exact) mass is 422 g/mol. The Labute approximate surface area is 175 Å². The van der Waals surface area contributed by atoms with Crippen LogP contribution in [0, 0.1) is 11.2 Å². The van der Waals surface area contributed by atoms with Crippen molar-refractivity contribution in [1.29, 1.82) is 0 Å². The Morgan fingerprint density at radius 3 is 2.74 bits per heavy atom. The molecule has 1 aromatic carbocycles. The number of nitrogens with zero attached hydrogens (tertiary/aromatic N) is 2. The Morgan fingerprint density at radius 2 is 2.10 bits per heavy atom. The highest BCUT2D eigenvalue weighted by atomic mass is 19.1. The molecule has 0 aliphatic carbocycles. The number of pyridine rings is 1. The van der Waals surface area contributed by atoms with Gasteiger partial charge in [0.05, 0.1) is 11.8 Å². The Hall–Kier alpha value is -3.68. The van der Waals surface area contributed by atoms with E-state index in [0.717, 1.165) is 10.9 Å². The summed E-state index contributed by atoms with van der Waals surface area (Å²) < 4.78 is 28.5. The molecule has 158 valence electrons. The van der Waals surface area contributed by atoms with Gasteiger partial charge >= 0.3 is 5.97 Å². The van der Waals surface area contributed by atoms with Crippen LogP contribution in [0.15, 0.2) is 50.6 Å². The normalized spacial score (nSPS) is 15.7. The fourth-order valence-electron chi connectivity index (χ4n) is 4.34. The number of hydrogen-bond donors (Lipinski definition) is 1. The number of rotatable bonds is 2. The minimum absolute atomic E-state index is 0.0316. The molecule has 5 rings (SSSR count). The van der Waals surface area contributed by atoms with Gasteiger partial charge in [-0.3, -0.25) is 4.79 Å². The lowest BCUT2D eigenvalue weighted by atomic mass is 9.79. The number of aromatic carboxylic acids is 1. The summed E-state index contributed by atoms with van der Waals surface area (Å²) in [6.07, 6.45) is 4.59. The summed E-state index contributed by atoms with van der Waals surface area (Å²) in [4.78, 5) is 28.0. The quantitative estimate of drug-likeness (QED) is 0.493. The summed E-state index contributed by atoms with van der Waals surface area (Å²) in [6, 6.07) is 5.26. The van der Waals surface area contributed by atoms with Gasteiger partial charge in [0, 0.05) is 23.2 Å². The van der Waals surface area contributed by atoms with Crippen molar-refractivity contribution in [2.24, 2.45) is 5.41 Å². The van der Waals surface area contributed by atoms with Crippen molar-refractivity contribution < 1.29 is 23.1 Å². The fraction of sp³-hybridized carbons (Fsp3) is 0.261. The standard InChI is InChI=1S/C23H19FN2O5/c1-23(2,3)16-7-13-11-5-4-6-12(15-8-25-10-30-15)20(11)31-21(13)18-17(24)19(27)14(22(28)29)9-26(16)18/h4-6,8-10,16H,7H2,1-3H3,(H,28,29)/t16-/m0/s1. The molecule has 0 saturated carbocycles. The molecule has 0 amide bonds. The third-order valence-corrected chi connectivity index (χ3v) is 5.87. The van der Waals surface area contributed by atoms with Crippen molar-refractivity contribution in [1.82, 2.24) is 9.55 Å². The number of halogens is 1. The van der Waals surface area contributed by atoms with E-state index >= 15 is 4.39 Å². The molecule has 0 fully saturated rings. The van der Waals surface area contributed by atoms with E-state index in [0.29, 0.717) is 23.3 Å². The van der Waals surface area contributed by atoms with E-state index in [1.54, 1.807) is 10.8 Å². The van der Waals surface area contributed by atoms with Crippen LogP contribution in [0.4, 0.5) is 4.39 Å². The smallest absolute Gasteiger partial charge is 0.341 e. The molecule has 4 heterocycles. The number of hydrogen-bond acceptors (Lipinski definition) is 5. The predicted octanol–water partition coefficient (Wildman–Crippen LogP) is 4.90. The highest BCUT2D eigenvalue weighted by Crippen LogP contribution is 2.48. The minimum Gasteiger partial charge on any atom is -0.477 e. The van der Waals surface area contributed by atoms with Crippen LogP contribution >= 0.6 is 0 Å². The third kappa shape index (κ3) is 2.74. The van der Waals surface area contributed by atoms with E-state index in [4.69, 9.17) is 8.83 Å². The van der Waals surface area contributed by atoms with Gasteiger partial charge in [-0.05, 0) is 17.9 Å². The highest BCUT2D eigenvalue weighted by molar-refractivity contribution is 5.97. The van der Waals surface area contributed by atoms with Crippen molar-refractivity contribution in [3.63, 3.8) is 0 Å². The molecular formula is C23H19FN2O5. The number of carbonyl (C=O) groups is 1. The highest BCUT2D eigenvalue weighted by Gasteiger charge is 2.39. The maximum absolute atomic E-state index is 15.4. The first-order valence-corrected chi connectivity index (χ1v) is 9.80. The summed E-state index contributed by atoms with van der Waals surface area (Å²) in [5.74, 6) is -1.86. The van der Waals surface area contributed by atoms with Gasteiger partial charge in [-0.25, -0.2) is 14.2 Å². The second-order valence-electron chi connectivity index (χ2n) is 8.79. The van der Waals surface area contributed by atoms with Crippen LogP contribution < -0.4 is 5.43 Å². The van der Waals surface area contributed by atoms with Crippen molar-refractivity contribution in [2.45, 2.75) is 33.2 Å². The molecule has 1 N–H and O–H groups in total. The van der Waals surface area contributed by atoms with Gasteiger partial charge in [0.1, 0.15) is 16.8 Å². The second-order valence-corrected chi connectivity index (χ2v) is 8.79. The summed E-state index contributed by atoms with van der Waals surface area (Å²) >= 11 is 0. The molecule has 4 aromatic rings. The molecule has 7 nitrogen and oxygen atoms in total. The zero-order valence-corrected chi connectivity index (χ0v) is 17.1. The minimum atomic E-state index is -1.46.